The lowest BCUT2D eigenvalue weighted by Gasteiger charge is -2.21. The first-order valence-electron chi connectivity index (χ1n) is 6.85. The number of carbonyl (C=O) groups is 1. The summed E-state index contributed by atoms with van der Waals surface area (Å²) in [6, 6.07) is 7.54. The molecule has 1 saturated heterocycles. The Labute approximate surface area is 117 Å². The molecule has 2 heterocycles. The fourth-order valence-electron chi connectivity index (χ4n) is 2.53. The number of carbonyl (C=O) groups excluding carboxylic acids is 1. The summed E-state index contributed by atoms with van der Waals surface area (Å²) in [5.41, 5.74) is 1.70. The van der Waals surface area contributed by atoms with Gasteiger partial charge in [0.1, 0.15) is 12.2 Å². The van der Waals surface area contributed by atoms with Crippen molar-refractivity contribution in [3.8, 4) is 5.69 Å². The van der Waals surface area contributed by atoms with Gasteiger partial charge in [0.05, 0.1) is 0 Å². The van der Waals surface area contributed by atoms with Crippen molar-refractivity contribution in [3.05, 3.63) is 42.0 Å². The summed E-state index contributed by atoms with van der Waals surface area (Å²) >= 11 is 0. The molecule has 3 rings (SSSR count). The lowest BCUT2D eigenvalue weighted by molar-refractivity contribution is 0.0832. The van der Waals surface area contributed by atoms with Crippen LogP contribution in [0.2, 0.25) is 0 Å². The largest absolute Gasteiger partial charge is 0.381 e. The number of ketones is 1. The number of ether oxygens (including phenoxy) is 1. The third-order valence-electron chi connectivity index (χ3n) is 3.71. The molecule has 0 amide bonds. The Balaban J connectivity index is 1.90. The number of Topliss-reactive ketones (excluding diaryl/α,β-unsaturated/α-hetero) is 1. The van der Waals surface area contributed by atoms with Crippen molar-refractivity contribution in [2.75, 3.05) is 13.2 Å². The molecular weight excluding hydrogens is 254 g/mol. The van der Waals surface area contributed by atoms with Gasteiger partial charge in [0, 0.05) is 30.4 Å². The SMILES string of the molecule is CC(=O)c1ccc(-n2cnnc2C2CCOCC2)cc1. The molecule has 1 aliphatic heterocycles. The van der Waals surface area contributed by atoms with E-state index in [1.807, 2.05) is 28.8 Å². The number of hydrogen-bond acceptors (Lipinski definition) is 4. The Morgan fingerprint density at radius 3 is 2.60 bits per heavy atom. The second-order valence-electron chi connectivity index (χ2n) is 5.05. The molecule has 1 aromatic carbocycles. The Morgan fingerprint density at radius 2 is 1.95 bits per heavy atom. The Bertz CT molecular complexity index is 598. The second kappa shape index (κ2) is 5.54. The first-order valence-corrected chi connectivity index (χ1v) is 6.85. The predicted octanol–water partition coefficient (Wildman–Crippen LogP) is 2.36. The molecule has 0 aliphatic carbocycles. The zero-order valence-electron chi connectivity index (χ0n) is 11.5. The van der Waals surface area contributed by atoms with Gasteiger partial charge in [-0.3, -0.25) is 9.36 Å². The molecular formula is C15H17N3O2. The highest BCUT2D eigenvalue weighted by atomic mass is 16.5. The van der Waals surface area contributed by atoms with Crippen molar-refractivity contribution in [1.29, 1.82) is 0 Å². The Hall–Kier alpha value is -2.01. The molecule has 1 fully saturated rings. The predicted molar refractivity (Wildman–Crippen MR) is 74.2 cm³/mol. The van der Waals surface area contributed by atoms with Crippen LogP contribution in [0.4, 0.5) is 0 Å². The normalized spacial score (nSPS) is 16.2. The summed E-state index contributed by atoms with van der Waals surface area (Å²) in [7, 11) is 0. The first-order chi connectivity index (χ1) is 9.75. The van der Waals surface area contributed by atoms with Gasteiger partial charge in [-0.25, -0.2) is 0 Å². The molecule has 0 unspecified atom stereocenters. The minimum Gasteiger partial charge on any atom is -0.381 e. The molecule has 0 N–H and O–H groups in total. The van der Waals surface area contributed by atoms with Crippen LogP contribution in [0.5, 0.6) is 0 Å². The maximum atomic E-state index is 11.3. The van der Waals surface area contributed by atoms with Crippen LogP contribution in [0.25, 0.3) is 5.69 Å². The highest BCUT2D eigenvalue weighted by Crippen LogP contribution is 2.26. The van der Waals surface area contributed by atoms with Gasteiger partial charge in [0.2, 0.25) is 0 Å². The maximum absolute atomic E-state index is 11.3. The van der Waals surface area contributed by atoms with Crippen molar-refractivity contribution in [3.63, 3.8) is 0 Å². The quantitative estimate of drug-likeness (QED) is 0.804. The van der Waals surface area contributed by atoms with Crippen molar-refractivity contribution in [2.45, 2.75) is 25.7 Å². The molecule has 0 radical (unpaired) electrons. The average Bonchev–Trinajstić information content (AvgIpc) is 2.97. The van der Waals surface area contributed by atoms with Crippen molar-refractivity contribution >= 4 is 5.78 Å². The average molecular weight is 271 g/mol. The smallest absolute Gasteiger partial charge is 0.159 e. The second-order valence-corrected chi connectivity index (χ2v) is 5.05. The number of hydrogen-bond donors (Lipinski definition) is 0. The minimum atomic E-state index is 0.0740. The monoisotopic (exact) mass is 271 g/mol. The van der Waals surface area contributed by atoms with E-state index >= 15 is 0 Å². The van der Waals surface area contributed by atoms with E-state index < -0.39 is 0 Å². The fourth-order valence-corrected chi connectivity index (χ4v) is 2.53. The minimum absolute atomic E-state index is 0.0740. The van der Waals surface area contributed by atoms with Gasteiger partial charge >= 0.3 is 0 Å². The van der Waals surface area contributed by atoms with Crippen LogP contribution in [0.1, 0.15) is 41.9 Å². The molecule has 2 aromatic rings. The van der Waals surface area contributed by atoms with E-state index in [1.165, 1.54) is 0 Å². The summed E-state index contributed by atoms with van der Waals surface area (Å²) in [6.07, 6.45) is 3.68. The summed E-state index contributed by atoms with van der Waals surface area (Å²) < 4.78 is 7.39. The highest BCUT2D eigenvalue weighted by Gasteiger charge is 2.21. The van der Waals surface area contributed by atoms with Crippen LogP contribution in [0.3, 0.4) is 0 Å². The Morgan fingerprint density at radius 1 is 1.25 bits per heavy atom. The summed E-state index contributed by atoms with van der Waals surface area (Å²) in [4.78, 5) is 11.3. The molecule has 0 atom stereocenters. The van der Waals surface area contributed by atoms with Crippen molar-refractivity contribution in [2.24, 2.45) is 0 Å². The van der Waals surface area contributed by atoms with Crippen LogP contribution < -0.4 is 0 Å². The van der Waals surface area contributed by atoms with Crippen LogP contribution in [-0.4, -0.2) is 33.8 Å². The van der Waals surface area contributed by atoms with Gasteiger partial charge in [0.25, 0.3) is 0 Å². The summed E-state index contributed by atoms with van der Waals surface area (Å²) in [6.45, 7) is 3.13. The summed E-state index contributed by atoms with van der Waals surface area (Å²) in [5, 5.41) is 8.30. The molecule has 1 aromatic heterocycles. The lowest BCUT2D eigenvalue weighted by atomic mass is 9.99. The van der Waals surface area contributed by atoms with Gasteiger partial charge in [-0.1, -0.05) is 0 Å². The van der Waals surface area contributed by atoms with Crippen LogP contribution in [0.15, 0.2) is 30.6 Å². The van der Waals surface area contributed by atoms with E-state index in [-0.39, 0.29) is 5.78 Å². The summed E-state index contributed by atoms with van der Waals surface area (Å²) in [5.74, 6) is 1.44. The molecule has 0 saturated carbocycles. The van der Waals surface area contributed by atoms with Gasteiger partial charge in [-0.15, -0.1) is 10.2 Å². The molecule has 0 spiro atoms. The van der Waals surface area contributed by atoms with E-state index in [1.54, 1.807) is 13.3 Å². The van der Waals surface area contributed by atoms with Crippen molar-refractivity contribution < 1.29 is 9.53 Å². The molecule has 0 bridgehead atoms. The van der Waals surface area contributed by atoms with E-state index in [9.17, 15) is 4.79 Å². The molecule has 5 heteroatoms. The van der Waals surface area contributed by atoms with Gasteiger partial charge in [-0.2, -0.15) is 0 Å². The Kier molecular flexibility index (Phi) is 3.60. The zero-order chi connectivity index (χ0) is 13.9. The maximum Gasteiger partial charge on any atom is 0.159 e. The van der Waals surface area contributed by atoms with E-state index in [0.717, 1.165) is 43.1 Å². The first kappa shape index (κ1) is 13.0. The third-order valence-corrected chi connectivity index (χ3v) is 3.71. The number of aromatic nitrogens is 3. The molecule has 20 heavy (non-hydrogen) atoms. The molecule has 104 valence electrons. The van der Waals surface area contributed by atoms with Crippen LogP contribution in [0, 0.1) is 0 Å². The number of benzene rings is 1. The molecule has 1 aliphatic rings. The number of rotatable bonds is 3. The van der Waals surface area contributed by atoms with Crippen molar-refractivity contribution in [1.82, 2.24) is 14.8 Å². The van der Waals surface area contributed by atoms with Gasteiger partial charge < -0.3 is 4.74 Å². The highest BCUT2D eigenvalue weighted by molar-refractivity contribution is 5.94. The van der Waals surface area contributed by atoms with E-state index in [0.29, 0.717) is 5.92 Å². The van der Waals surface area contributed by atoms with E-state index in [2.05, 4.69) is 10.2 Å². The zero-order valence-corrected chi connectivity index (χ0v) is 11.5. The van der Waals surface area contributed by atoms with E-state index in [4.69, 9.17) is 4.74 Å². The standard InChI is InChI=1S/C15H17N3O2/c1-11(19)12-2-4-14(5-3-12)18-10-16-17-15(18)13-6-8-20-9-7-13/h2-5,10,13H,6-9H2,1H3. The van der Waals surface area contributed by atoms with Gasteiger partial charge in [-0.05, 0) is 44.0 Å². The topological polar surface area (TPSA) is 57.0 Å². The number of nitrogens with zero attached hydrogens (tertiary/aromatic N) is 3. The molecule has 5 nitrogen and oxygen atoms in total. The van der Waals surface area contributed by atoms with Crippen LogP contribution in [-0.2, 0) is 4.74 Å². The lowest BCUT2D eigenvalue weighted by Crippen LogP contribution is -2.17. The third kappa shape index (κ3) is 2.49. The fraction of sp³-hybridized carbons (Fsp3) is 0.400. The van der Waals surface area contributed by atoms with Gasteiger partial charge in [0.15, 0.2) is 5.78 Å². The van der Waals surface area contributed by atoms with Crippen LogP contribution >= 0.6 is 0 Å².